The first-order chi connectivity index (χ1) is 9.97. The molecule has 0 aromatic heterocycles. The molecule has 0 heterocycles. The minimum atomic E-state index is -0.257. The molecule has 2 rings (SSSR count). The van der Waals surface area contributed by atoms with Gasteiger partial charge in [0.05, 0.1) is 5.60 Å². The minimum absolute atomic E-state index is 0.108. The molecule has 1 fully saturated rings. The smallest absolute Gasteiger partial charge is 0.123 e. The highest BCUT2D eigenvalue weighted by Crippen LogP contribution is 2.38. The van der Waals surface area contributed by atoms with Gasteiger partial charge in [-0.2, -0.15) is 0 Å². The summed E-state index contributed by atoms with van der Waals surface area (Å²) in [6.07, 6.45) is 4.93. The zero-order chi connectivity index (χ0) is 15.5. The summed E-state index contributed by atoms with van der Waals surface area (Å²) in [5.74, 6) is 0.523. The summed E-state index contributed by atoms with van der Waals surface area (Å²) in [5, 5.41) is 0. The van der Waals surface area contributed by atoms with Crippen LogP contribution in [0.5, 0.6) is 0 Å². The highest BCUT2D eigenvalue weighted by atomic mass is 79.9. The molecule has 0 radical (unpaired) electrons. The number of ether oxygens (including phenoxy) is 1. The Morgan fingerprint density at radius 2 is 2.10 bits per heavy atom. The summed E-state index contributed by atoms with van der Waals surface area (Å²) in [5.41, 5.74) is 7.16. The van der Waals surface area contributed by atoms with E-state index in [4.69, 9.17) is 10.5 Å². The highest BCUT2D eigenvalue weighted by molar-refractivity contribution is 9.10. The number of nitrogens with two attached hydrogens (primary N) is 1. The van der Waals surface area contributed by atoms with Crippen molar-refractivity contribution in [1.29, 1.82) is 0 Å². The third-order valence-electron chi connectivity index (χ3n) is 4.68. The standard InChI is InChI=1S/C17H25BrFNO/c1-3-21-17(8-6-12(2)7-9-17)16(20)11-13-10-14(19)4-5-15(13)18/h4-5,10,12,16H,3,6-9,11,20H2,1-2H3. The first kappa shape index (κ1) is 16.9. The Bertz CT molecular complexity index is 472. The van der Waals surface area contributed by atoms with Crippen LogP contribution in [-0.2, 0) is 11.2 Å². The molecule has 0 amide bonds. The molecule has 0 spiro atoms. The van der Waals surface area contributed by atoms with Crippen LogP contribution in [0.1, 0.15) is 45.1 Å². The van der Waals surface area contributed by atoms with Crippen molar-refractivity contribution < 1.29 is 9.13 Å². The third-order valence-corrected chi connectivity index (χ3v) is 5.45. The van der Waals surface area contributed by atoms with Crippen molar-refractivity contribution in [2.45, 2.75) is 57.6 Å². The van der Waals surface area contributed by atoms with E-state index in [0.29, 0.717) is 13.0 Å². The van der Waals surface area contributed by atoms with Crippen molar-refractivity contribution in [2.24, 2.45) is 11.7 Å². The van der Waals surface area contributed by atoms with Gasteiger partial charge in [0.25, 0.3) is 0 Å². The largest absolute Gasteiger partial charge is 0.374 e. The van der Waals surface area contributed by atoms with Crippen LogP contribution in [0.2, 0.25) is 0 Å². The van der Waals surface area contributed by atoms with Crippen LogP contribution in [0.3, 0.4) is 0 Å². The monoisotopic (exact) mass is 357 g/mol. The van der Waals surface area contributed by atoms with E-state index >= 15 is 0 Å². The van der Waals surface area contributed by atoms with Crippen molar-refractivity contribution in [3.63, 3.8) is 0 Å². The molecule has 1 saturated carbocycles. The van der Waals surface area contributed by atoms with Crippen LogP contribution < -0.4 is 5.73 Å². The van der Waals surface area contributed by atoms with E-state index < -0.39 is 0 Å². The summed E-state index contributed by atoms with van der Waals surface area (Å²) >= 11 is 3.49. The van der Waals surface area contributed by atoms with Crippen molar-refractivity contribution >= 4 is 15.9 Å². The molecule has 2 nitrogen and oxygen atoms in total. The second-order valence-corrected chi connectivity index (χ2v) is 7.08. The van der Waals surface area contributed by atoms with Gasteiger partial charge in [-0.1, -0.05) is 22.9 Å². The van der Waals surface area contributed by atoms with E-state index in [1.165, 1.54) is 6.07 Å². The Morgan fingerprint density at radius 1 is 1.43 bits per heavy atom. The SMILES string of the molecule is CCOC1(C(N)Cc2cc(F)ccc2Br)CCC(C)CC1. The second-order valence-electron chi connectivity index (χ2n) is 6.23. The van der Waals surface area contributed by atoms with Crippen LogP contribution in [0.15, 0.2) is 22.7 Å². The van der Waals surface area contributed by atoms with Gasteiger partial charge < -0.3 is 10.5 Å². The quantitative estimate of drug-likeness (QED) is 0.844. The fourth-order valence-electron chi connectivity index (χ4n) is 3.28. The van der Waals surface area contributed by atoms with Crippen molar-refractivity contribution in [1.82, 2.24) is 0 Å². The Kier molecular flexibility index (Phi) is 5.81. The number of halogens is 2. The highest BCUT2D eigenvalue weighted by Gasteiger charge is 2.40. The van der Waals surface area contributed by atoms with Crippen LogP contribution in [0.25, 0.3) is 0 Å². The summed E-state index contributed by atoms with van der Waals surface area (Å²) in [6.45, 7) is 4.97. The molecule has 21 heavy (non-hydrogen) atoms. The van der Waals surface area contributed by atoms with E-state index in [2.05, 4.69) is 22.9 Å². The van der Waals surface area contributed by atoms with Gasteiger partial charge in [0.1, 0.15) is 5.82 Å². The molecule has 1 aromatic carbocycles. The van der Waals surface area contributed by atoms with Gasteiger partial charge in [-0.25, -0.2) is 4.39 Å². The summed E-state index contributed by atoms with van der Waals surface area (Å²) in [4.78, 5) is 0. The van der Waals surface area contributed by atoms with Crippen LogP contribution in [0, 0.1) is 11.7 Å². The molecule has 0 aliphatic heterocycles. The van der Waals surface area contributed by atoms with E-state index in [1.54, 1.807) is 12.1 Å². The van der Waals surface area contributed by atoms with E-state index in [1.807, 2.05) is 6.92 Å². The topological polar surface area (TPSA) is 35.2 Å². The third kappa shape index (κ3) is 4.05. The van der Waals surface area contributed by atoms with Crippen LogP contribution >= 0.6 is 15.9 Å². The summed E-state index contributed by atoms with van der Waals surface area (Å²) < 4.78 is 20.4. The van der Waals surface area contributed by atoms with E-state index in [0.717, 1.165) is 41.6 Å². The lowest BCUT2D eigenvalue weighted by Crippen LogP contribution is -2.53. The predicted octanol–water partition coefficient (Wildman–Crippen LogP) is 4.44. The lowest BCUT2D eigenvalue weighted by molar-refractivity contribution is -0.0883. The Morgan fingerprint density at radius 3 is 2.71 bits per heavy atom. The number of benzene rings is 1. The molecule has 1 atom stereocenters. The molecule has 2 N–H and O–H groups in total. The predicted molar refractivity (Wildman–Crippen MR) is 87.8 cm³/mol. The van der Waals surface area contributed by atoms with E-state index in [-0.39, 0.29) is 17.5 Å². The average Bonchev–Trinajstić information content (AvgIpc) is 2.46. The van der Waals surface area contributed by atoms with Gasteiger partial charge in [-0.3, -0.25) is 0 Å². The van der Waals surface area contributed by atoms with Gasteiger partial charge in [0.15, 0.2) is 0 Å². The molecular formula is C17H25BrFNO. The lowest BCUT2D eigenvalue weighted by Gasteiger charge is -2.43. The van der Waals surface area contributed by atoms with Gasteiger partial charge in [0, 0.05) is 17.1 Å². The van der Waals surface area contributed by atoms with Crippen molar-refractivity contribution in [3.05, 3.63) is 34.1 Å². The molecule has 1 aliphatic rings. The molecule has 1 unspecified atom stereocenters. The lowest BCUT2D eigenvalue weighted by atomic mass is 9.74. The first-order valence-electron chi connectivity index (χ1n) is 7.80. The molecule has 118 valence electrons. The minimum Gasteiger partial charge on any atom is -0.374 e. The Hall–Kier alpha value is -0.450. The fourth-order valence-corrected chi connectivity index (χ4v) is 3.69. The molecule has 4 heteroatoms. The second kappa shape index (κ2) is 7.21. The Balaban J connectivity index is 2.15. The first-order valence-corrected chi connectivity index (χ1v) is 8.59. The van der Waals surface area contributed by atoms with Crippen molar-refractivity contribution in [2.75, 3.05) is 6.61 Å². The van der Waals surface area contributed by atoms with Gasteiger partial charge in [0.2, 0.25) is 0 Å². The summed E-state index contributed by atoms with van der Waals surface area (Å²) in [6, 6.07) is 4.66. The molecule has 0 bridgehead atoms. The van der Waals surface area contributed by atoms with Gasteiger partial charge >= 0.3 is 0 Å². The normalized spacial score (nSPS) is 27.6. The molecule has 0 saturated heterocycles. The number of rotatable bonds is 5. The van der Waals surface area contributed by atoms with Gasteiger partial charge in [-0.15, -0.1) is 0 Å². The van der Waals surface area contributed by atoms with Crippen LogP contribution in [0.4, 0.5) is 4.39 Å². The molecule has 1 aromatic rings. The summed E-state index contributed by atoms with van der Waals surface area (Å²) in [7, 11) is 0. The molecule has 1 aliphatic carbocycles. The van der Waals surface area contributed by atoms with E-state index in [9.17, 15) is 4.39 Å². The Labute approximate surface area is 135 Å². The zero-order valence-electron chi connectivity index (χ0n) is 12.9. The number of hydrogen-bond acceptors (Lipinski definition) is 2. The maximum absolute atomic E-state index is 13.4. The maximum Gasteiger partial charge on any atom is 0.123 e. The van der Waals surface area contributed by atoms with Gasteiger partial charge in [-0.05, 0) is 68.7 Å². The molecular weight excluding hydrogens is 333 g/mol. The van der Waals surface area contributed by atoms with Crippen molar-refractivity contribution in [3.8, 4) is 0 Å². The van der Waals surface area contributed by atoms with Crippen LogP contribution in [-0.4, -0.2) is 18.2 Å². The fraction of sp³-hybridized carbons (Fsp3) is 0.647. The maximum atomic E-state index is 13.4. The zero-order valence-corrected chi connectivity index (χ0v) is 14.5. The number of hydrogen-bond donors (Lipinski definition) is 1. The average molecular weight is 358 g/mol.